The van der Waals surface area contributed by atoms with Gasteiger partial charge in [-0.2, -0.15) is 0 Å². The minimum Gasteiger partial charge on any atom is -0.356 e. The Kier molecular flexibility index (Phi) is 4.51. The molecule has 128 valence electrons. The number of benzene rings is 2. The van der Waals surface area contributed by atoms with Crippen molar-refractivity contribution in [2.24, 2.45) is 5.92 Å². The first-order valence-corrected chi connectivity index (χ1v) is 9.02. The SMILES string of the molecule is O=C(NCc1cc(-c2ccc3ccccc3c2)on1)C1CCCCC1. The predicted octanol–water partition coefficient (Wildman–Crippen LogP) is 4.69. The van der Waals surface area contributed by atoms with E-state index in [0.717, 1.165) is 42.7 Å². The summed E-state index contributed by atoms with van der Waals surface area (Å²) in [4.78, 5) is 12.2. The van der Waals surface area contributed by atoms with E-state index in [1.165, 1.54) is 17.2 Å². The number of rotatable bonds is 4. The van der Waals surface area contributed by atoms with Crippen molar-refractivity contribution in [3.63, 3.8) is 0 Å². The molecule has 1 aromatic heterocycles. The molecule has 4 rings (SSSR count). The molecule has 1 heterocycles. The van der Waals surface area contributed by atoms with Gasteiger partial charge in [0.05, 0.1) is 6.54 Å². The second-order valence-corrected chi connectivity index (χ2v) is 6.80. The molecule has 4 heteroatoms. The lowest BCUT2D eigenvalue weighted by molar-refractivity contribution is -0.126. The van der Waals surface area contributed by atoms with Gasteiger partial charge in [-0.05, 0) is 29.7 Å². The largest absolute Gasteiger partial charge is 0.356 e. The molecular weight excluding hydrogens is 312 g/mol. The van der Waals surface area contributed by atoms with Crippen molar-refractivity contribution >= 4 is 16.7 Å². The molecular formula is C21H22N2O2. The Morgan fingerprint density at radius 1 is 1.04 bits per heavy atom. The summed E-state index contributed by atoms with van der Waals surface area (Å²) < 4.78 is 5.48. The summed E-state index contributed by atoms with van der Waals surface area (Å²) in [7, 11) is 0. The van der Waals surface area contributed by atoms with E-state index in [0.29, 0.717) is 6.54 Å². The van der Waals surface area contributed by atoms with Crippen LogP contribution in [0.5, 0.6) is 0 Å². The lowest BCUT2D eigenvalue weighted by Gasteiger charge is -2.20. The minimum absolute atomic E-state index is 0.148. The average molecular weight is 334 g/mol. The number of nitrogens with one attached hydrogen (secondary N) is 1. The van der Waals surface area contributed by atoms with Crippen LogP contribution in [0.4, 0.5) is 0 Å². The summed E-state index contributed by atoms with van der Waals surface area (Å²) in [5.74, 6) is 1.04. The topological polar surface area (TPSA) is 55.1 Å². The number of aromatic nitrogens is 1. The van der Waals surface area contributed by atoms with Crippen molar-refractivity contribution in [1.82, 2.24) is 10.5 Å². The molecule has 1 amide bonds. The van der Waals surface area contributed by atoms with Crippen molar-refractivity contribution in [1.29, 1.82) is 0 Å². The molecule has 1 fully saturated rings. The highest BCUT2D eigenvalue weighted by Crippen LogP contribution is 2.26. The maximum Gasteiger partial charge on any atom is 0.223 e. The third kappa shape index (κ3) is 3.58. The normalized spacial score (nSPS) is 15.4. The lowest BCUT2D eigenvalue weighted by atomic mass is 9.89. The van der Waals surface area contributed by atoms with Crippen LogP contribution in [0.3, 0.4) is 0 Å². The Morgan fingerprint density at radius 3 is 2.68 bits per heavy atom. The fourth-order valence-electron chi connectivity index (χ4n) is 3.56. The van der Waals surface area contributed by atoms with Gasteiger partial charge >= 0.3 is 0 Å². The smallest absolute Gasteiger partial charge is 0.223 e. The molecule has 0 bridgehead atoms. The number of hydrogen-bond donors (Lipinski definition) is 1. The van der Waals surface area contributed by atoms with Gasteiger partial charge in [-0.3, -0.25) is 4.79 Å². The molecule has 0 saturated heterocycles. The molecule has 1 aliphatic rings. The number of amides is 1. The van der Waals surface area contributed by atoms with Gasteiger partial charge in [0.1, 0.15) is 5.69 Å². The third-order valence-electron chi connectivity index (χ3n) is 5.01. The van der Waals surface area contributed by atoms with E-state index in [1.807, 2.05) is 24.3 Å². The van der Waals surface area contributed by atoms with E-state index in [2.05, 4.69) is 34.7 Å². The van der Waals surface area contributed by atoms with Gasteiger partial charge in [-0.25, -0.2) is 0 Å². The second-order valence-electron chi connectivity index (χ2n) is 6.80. The van der Waals surface area contributed by atoms with Crippen LogP contribution in [0.1, 0.15) is 37.8 Å². The van der Waals surface area contributed by atoms with Crippen LogP contribution < -0.4 is 5.32 Å². The fraction of sp³-hybridized carbons (Fsp3) is 0.333. The Morgan fingerprint density at radius 2 is 1.84 bits per heavy atom. The van der Waals surface area contributed by atoms with Crippen LogP contribution in [0.2, 0.25) is 0 Å². The van der Waals surface area contributed by atoms with Gasteiger partial charge in [0.15, 0.2) is 5.76 Å². The summed E-state index contributed by atoms with van der Waals surface area (Å²) >= 11 is 0. The third-order valence-corrected chi connectivity index (χ3v) is 5.01. The van der Waals surface area contributed by atoms with E-state index in [4.69, 9.17) is 4.52 Å². The zero-order valence-corrected chi connectivity index (χ0v) is 14.2. The summed E-state index contributed by atoms with van der Waals surface area (Å²) in [5.41, 5.74) is 1.75. The van der Waals surface area contributed by atoms with Crippen LogP contribution in [0.25, 0.3) is 22.1 Å². The van der Waals surface area contributed by atoms with E-state index >= 15 is 0 Å². The molecule has 2 aromatic carbocycles. The predicted molar refractivity (Wildman–Crippen MR) is 97.9 cm³/mol. The highest BCUT2D eigenvalue weighted by molar-refractivity contribution is 5.86. The fourth-order valence-corrected chi connectivity index (χ4v) is 3.56. The first kappa shape index (κ1) is 15.9. The Balaban J connectivity index is 1.43. The van der Waals surface area contributed by atoms with Gasteiger partial charge in [-0.1, -0.05) is 60.8 Å². The van der Waals surface area contributed by atoms with Gasteiger partial charge in [-0.15, -0.1) is 0 Å². The molecule has 0 atom stereocenters. The Labute approximate surface area is 147 Å². The maximum absolute atomic E-state index is 12.2. The summed E-state index contributed by atoms with van der Waals surface area (Å²) in [6, 6.07) is 16.4. The molecule has 1 aliphatic carbocycles. The van der Waals surface area contributed by atoms with Crippen molar-refractivity contribution in [2.75, 3.05) is 0 Å². The van der Waals surface area contributed by atoms with Crippen LogP contribution in [0.15, 0.2) is 53.1 Å². The van der Waals surface area contributed by atoms with E-state index in [9.17, 15) is 4.79 Å². The lowest BCUT2D eigenvalue weighted by Crippen LogP contribution is -2.31. The van der Waals surface area contributed by atoms with E-state index in [-0.39, 0.29) is 11.8 Å². The standard InChI is InChI=1S/C21H22N2O2/c24-21(16-7-2-1-3-8-16)22-14-19-13-20(25-23-19)18-11-10-15-6-4-5-9-17(15)12-18/h4-6,9-13,16H,1-3,7-8,14H2,(H,22,24). The zero-order valence-electron chi connectivity index (χ0n) is 14.2. The molecule has 3 aromatic rings. The first-order valence-electron chi connectivity index (χ1n) is 9.02. The van der Waals surface area contributed by atoms with Crippen molar-refractivity contribution in [2.45, 2.75) is 38.6 Å². The first-order chi connectivity index (χ1) is 12.3. The summed E-state index contributed by atoms with van der Waals surface area (Å²) in [5, 5.41) is 9.47. The number of hydrogen-bond acceptors (Lipinski definition) is 3. The average Bonchev–Trinajstić information content (AvgIpc) is 3.15. The van der Waals surface area contributed by atoms with Gasteiger partial charge in [0.2, 0.25) is 5.91 Å². The van der Waals surface area contributed by atoms with Gasteiger partial charge in [0.25, 0.3) is 0 Å². The quantitative estimate of drug-likeness (QED) is 0.753. The number of fused-ring (bicyclic) bond motifs is 1. The molecule has 0 unspecified atom stereocenters. The highest BCUT2D eigenvalue weighted by atomic mass is 16.5. The molecule has 0 aliphatic heterocycles. The van der Waals surface area contributed by atoms with Crippen molar-refractivity contribution in [3.8, 4) is 11.3 Å². The number of carbonyl (C=O) groups is 1. The number of nitrogens with zero attached hydrogens (tertiary/aromatic N) is 1. The van der Waals surface area contributed by atoms with Crippen LogP contribution in [-0.2, 0) is 11.3 Å². The van der Waals surface area contributed by atoms with Gasteiger partial charge < -0.3 is 9.84 Å². The van der Waals surface area contributed by atoms with Crippen molar-refractivity contribution < 1.29 is 9.32 Å². The molecule has 0 radical (unpaired) electrons. The van der Waals surface area contributed by atoms with E-state index in [1.54, 1.807) is 0 Å². The minimum atomic E-state index is 0.148. The summed E-state index contributed by atoms with van der Waals surface area (Å²) in [6.45, 7) is 0.423. The van der Waals surface area contributed by atoms with Crippen LogP contribution in [0, 0.1) is 5.92 Å². The summed E-state index contributed by atoms with van der Waals surface area (Å²) in [6.07, 6.45) is 5.59. The molecule has 0 spiro atoms. The molecule has 1 saturated carbocycles. The Bertz CT molecular complexity index is 878. The highest BCUT2D eigenvalue weighted by Gasteiger charge is 2.21. The van der Waals surface area contributed by atoms with Crippen LogP contribution >= 0.6 is 0 Å². The molecule has 25 heavy (non-hydrogen) atoms. The monoisotopic (exact) mass is 334 g/mol. The van der Waals surface area contributed by atoms with Crippen molar-refractivity contribution in [3.05, 3.63) is 54.2 Å². The maximum atomic E-state index is 12.2. The van der Waals surface area contributed by atoms with Crippen LogP contribution in [-0.4, -0.2) is 11.1 Å². The van der Waals surface area contributed by atoms with Gasteiger partial charge in [0, 0.05) is 17.5 Å². The Hall–Kier alpha value is -2.62. The molecule has 1 N–H and O–H groups in total. The second kappa shape index (κ2) is 7.09. The van der Waals surface area contributed by atoms with E-state index < -0.39 is 0 Å². The number of carbonyl (C=O) groups excluding carboxylic acids is 1. The zero-order chi connectivity index (χ0) is 17.1. The molecule has 4 nitrogen and oxygen atoms in total.